The Balaban J connectivity index is 1.62. The van der Waals surface area contributed by atoms with E-state index in [-0.39, 0.29) is 24.7 Å². The van der Waals surface area contributed by atoms with Crippen LogP contribution in [0.2, 0.25) is 0 Å². The zero-order chi connectivity index (χ0) is 19.4. The van der Waals surface area contributed by atoms with Crippen molar-refractivity contribution in [3.63, 3.8) is 0 Å². The molecule has 5 nitrogen and oxygen atoms in total. The summed E-state index contributed by atoms with van der Waals surface area (Å²) in [5.41, 5.74) is 3.41. The molecule has 7 heteroatoms. The largest absolute Gasteiger partial charge is 0.352 e. The minimum absolute atomic E-state index is 0.131. The van der Waals surface area contributed by atoms with Crippen molar-refractivity contribution < 1.29 is 9.18 Å². The number of amides is 1. The van der Waals surface area contributed by atoms with Gasteiger partial charge >= 0.3 is 0 Å². The number of nitrogens with zero attached hydrogens (tertiary/aromatic N) is 2. The number of hydrogen-bond donors (Lipinski definition) is 2. The van der Waals surface area contributed by atoms with Gasteiger partial charge in [0.2, 0.25) is 5.91 Å². The van der Waals surface area contributed by atoms with E-state index in [9.17, 15) is 9.18 Å². The lowest BCUT2D eigenvalue weighted by molar-refractivity contribution is -0.121. The van der Waals surface area contributed by atoms with Crippen LogP contribution in [-0.4, -0.2) is 20.7 Å². The molecule has 0 bridgehead atoms. The molecule has 1 amide bonds. The van der Waals surface area contributed by atoms with Crippen molar-refractivity contribution in [2.24, 2.45) is 0 Å². The zero-order valence-electron chi connectivity index (χ0n) is 15.3. The third-order valence-electron chi connectivity index (χ3n) is 4.36. The molecule has 27 heavy (non-hydrogen) atoms. The minimum atomic E-state index is -0.269. The summed E-state index contributed by atoms with van der Waals surface area (Å²) in [7, 11) is 0. The highest BCUT2D eigenvalue weighted by molar-refractivity contribution is 7.71. The monoisotopic (exact) mass is 384 g/mol. The first-order valence-electron chi connectivity index (χ1n) is 8.68. The second kappa shape index (κ2) is 8.26. The fourth-order valence-electron chi connectivity index (χ4n) is 2.70. The van der Waals surface area contributed by atoms with Crippen LogP contribution >= 0.6 is 12.2 Å². The fourth-order valence-corrected chi connectivity index (χ4v) is 2.92. The molecule has 0 unspecified atom stereocenters. The Hall–Kier alpha value is -2.80. The molecule has 0 saturated carbocycles. The molecule has 0 aliphatic carbocycles. The Morgan fingerprint density at radius 1 is 1.22 bits per heavy atom. The third-order valence-corrected chi connectivity index (χ3v) is 4.67. The first kappa shape index (κ1) is 19.0. The number of hydrogen-bond acceptors (Lipinski definition) is 3. The van der Waals surface area contributed by atoms with Crippen molar-refractivity contribution >= 4 is 18.1 Å². The molecule has 3 aromatic rings. The number of rotatable bonds is 6. The lowest BCUT2D eigenvalue weighted by atomic mass is 10.1. The highest BCUT2D eigenvalue weighted by atomic mass is 32.1. The molecule has 0 atom stereocenters. The molecule has 0 fully saturated rings. The quantitative estimate of drug-likeness (QED) is 0.630. The van der Waals surface area contributed by atoms with Crippen LogP contribution in [0.1, 0.15) is 23.1 Å². The highest BCUT2D eigenvalue weighted by Gasteiger charge is 2.11. The van der Waals surface area contributed by atoms with Gasteiger partial charge in [-0.25, -0.2) is 4.39 Å². The molecule has 1 heterocycles. The van der Waals surface area contributed by atoms with Crippen molar-refractivity contribution in [3.8, 4) is 11.4 Å². The van der Waals surface area contributed by atoms with Gasteiger partial charge in [-0.2, -0.15) is 5.10 Å². The molecule has 0 radical (unpaired) electrons. The SMILES string of the molecule is Cc1ccc(-c2n[nH]c(=S)n2CCC(=O)NCc2ccc(C)c(F)c2)cc1. The third kappa shape index (κ3) is 4.68. The van der Waals surface area contributed by atoms with Gasteiger partial charge in [-0.3, -0.25) is 14.5 Å². The summed E-state index contributed by atoms with van der Waals surface area (Å²) in [5, 5.41) is 9.87. The lowest BCUT2D eigenvalue weighted by Crippen LogP contribution is -2.24. The maximum absolute atomic E-state index is 13.6. The Bertz CT molecular complexity index is 1010. The summed E-state index contributed by atoms with van der Waals surface area (Å²) in [5.74, 6) is 0.302. The van der Waals surface area contributed by atoms with E-state index < -0.39 is 0 Å². The second-order valence-corrected chi connectivity index (χ2v) is 6.87. The van der Waals surface area contributed by atoms with Crippen LogP contribution in [0.5, 0.6) is 0 Å². The van der Waals surface area contributed by atoms with Crippen molar-refractivity contribution in [3.05, 3.63) is 69.7 Å². The number of aromatic nitrogens is 3. The molecule has 140 valence electrons. The van der Waals surface area contributed by atoms with Crippen LogP contribution in [-0.2, 0) is 17.9 Å². The van der Waals surface area contributed by atoms with E-state index in [0.29, 0.717) is 22.7 Å². The van der Waals surface area contributed by atoms with Crippen LogP contribution in [0.15, 0.2) is 42.5 Å². The molecular formula is C20H21FN4OS. The first-order chi connectivity index (χ1) is 12.9. The predicted octanol–water partition coefficient (Wildman–Crippen LogP) is 4.07. The number of carbonyl (C=O) groups excluding carboxylic acids is 1. The average Bonchev–Trinajstić information content (AvgIpc) is 3.02. The van der Waals surface area contributed by atoms with E-state index in [1.165, 1.54) is 6.07 Å². The summed E-state index contributed by atoms with van der Waals surface area (Å²) >= 11 is 5.29. The van der Waals surface area contributed by atoms with Gasteiger partial charge in [0.05, 0.1) is 0 Å². The Morgan fingerprint density at radius 2 is 1.96 bits per heavy atom. The van der Waals surface area contributed by atoms with E-state index >= 15 is 0 Å². The van der Waals surface area contributed by atoms with Gasteiger partial charge in [0.25, 0.3) is 0 Å². The number of H-pyrrole nitrogens is 1. The maximum atomic E-state index is 13.6. The summed E-state index contributed by atoms with van der Waals surface area (Å²) in [6, 6.07) is 12.9. The molecule has 0 saturated heterocycles. The fraction of sp³-hybridized carbons (Fsp3) is 0.250. The number of aromatic amines is 1. The number of carbonyl (C=O) groups is 1. The number of benzene rings is 2. The summed E-state index contributed by atoms with van der Waals surface area (Å²) in [6.07, 6.45) is 0.251. The summed E-state index contributed by atoms with van der Waals surface area (Å²) in [4.78, 5) is 12.2. The maximum Gasteiger partial charge on any atom is 0.222 e. The summed E-state index contributed by atoms with van der Waals surface area (Å²) < 4.78 is 15.9. The van der Waals surface area contributed by atoms with E-state index in [0.717, 1.165) is 16.7 Å². The van der Waals surface area contributed by atoms with Gasteiger partial charge in [-0.15, -0.1) is 0 Å². The lowest BCUT2D eigenvalue weighted by Gasteiger charge is -2.09. The molecule has 1 aromatic heterocycles. The number of nitrogens with one attached hydrogen (secondary N) is 2. The zero-order valence-corrected chi connectivity index (χ0v) is 16.1. The molecule has 0 spiro atoms. The van der Waals surface area contributed by atoms with Crippen molar-refractivity contribution in [1.82, 2.24) is 20.1 Å². The number of halogens is 1. The Morgan fingerprint density at radius 3 is 2.67 bits per heavy atom. The molecule has 2 N–H and O–H groups in total. The standard InChI is InChI=1S/C20H21FN4OS/c1-13-3-7-16(8-4-13)19-23-24-20(27)25(19)10-9-18(26)22-12-15-6-5-14(2)17(21)11-15/h3-8,11H,9-10,12H2,1-2H3,(H,22,26)(H,24,27). The van der Waals surface area contributed by atoms with Crippen LogP contribution in [0.3, 0.4) is 0 Å². The van der Waals surface area contributed by atoms with Crippen LogP contribution in [0, 0.1) is 24.4 Å². The predicted molar refractivity (Wildman–Crippen MR) is 105 cm³/mol. The Kier molecular flexibility index (Phi) is 5.81. The van der Waals surface area contributed by atoms with Crippen molar-refractivity contribution in [2.45, 2.75) is 33.4 Å². The van der Waals surface area contributed by atoms with Gasteiger partial charge < -0.3 is 5.32 Å². The second-order valence-electron chi connectivity index (χ2n) is 6.48. The molecule has 0 aliphatic rings. The van der Waals surface area contributed by atoms with E-state index in [1.54, 1.807) is 19.1 Å². The molecular weight excluding hydrogens is 363 g/mol. The van der Waals surface area contributed by atoms with E-state index in [4.69, 9.17) is 12.2 Å². The van der Waals surface area contributed by atoms with Crippen molar-refractivity contribution in [1.29, 1.82) is 0 Å². The molecule has 0 aliphatic heterocycles. The summed E-state index contributed by atoms with van der Waals surface area (Å²) in [6.45, 7) is 4.42. The molecule has 2 aromatic carbocycles. The van der Waals surface area contributed by atoms with Gasteiger partial charge in [0.1, 0.15) is 5.82 Å². The molecule has 3 rings (SSSR count). The minimum Gasteiger partial charge on any atom is -0.352 e. The van der Waals surface area contributed by atoms with Gasteiger partial charge in [0.15, 0.2) is 10.6 Å². The highest BCUT2D eigenvalue weighted by Crippen LogP contribution is 2.18. The topological polar surface area (TPSA) is 62.7 Å². The van der Waals surface area contributed by atoms with E-state index in [2.05, 4.69) is 15.5 Å². The van der Waals surface area contributed by atoms with Gasteiger partial charge in [0, 0.05) is 25.1 Å². The average molecular weight is 384 g/mol. The Labute approximate surface area is 162 Å². The van der Waals surface area contributed by atoms with Crippen LogP contribution < -0.4 is 5.32 Å². The van der Waals surface area contributed by atoms with Gasteiger partial charge in [-0.1, -0.05) is 42.0 Å². The smallest absolute Gasteiger partial charge is 0.222 e. The van der Waals surface area contributed by atoms with Gasteiger partial charge in [-0.05, 0) is 43.3 Å². The first-order valence-corrected chi connectivity index (χ1v) is 9.09. The number of aryl methyl sites for hydroxylation is 2. The van der Waals surface area contributed by atoms with Crippen molar-refractivity contribution in [2.75, 3.05) is 0 Å². The van der Waals surface area contributed by atoms with Crippen LogP contribution in [0.25, 0.3) is 11.4 Å². The normalized spacial score (nSPS) is 10.8. The van der Waals surface area contributed by atoms with Crippen LogP contribution in [0.4, 0.5) is 4.39 Å². The van der Waals surface area contributed by atoms with E-state index in [1.807, 2.05) is 35.8 Å².